The lowest BCUT2D eigenvalue weighted by molar-refractivity contribution is -0.412. The van der Waals surface area contributed by atoms with Crippen LogP contribution in [0.3, 0.4) is 0 Å². The van der Waals surface area contributed by atoms with Crippen molar-refractivity contribution in [1.82, 2.24) is 0 Å². The van der Waals surface area contributed by atoms with Crippen LogP contribution in [0.15, 0.2) is 11.6 Å². The molecule has 0 saturated heterocycles. The number of carbonyl (C=O) groups excluding carboxylic acids is 1. The Morgan fingerprint density at radius 2 is 1.95 bits per heavy atom. The highest BCUT2D eigenvalue weighted by Crippen LogP contribution is 2.12. The van der Waals surface area contributed by atoms with Crippen molar-refractivity contribution in [3.05, 3.63) is 11.6 Å². The van der Waals surface area contributed by atoms with Crippen molar-refractivity contribution in [2.45, 2.75) is 59.9 Å². The lowest BCUT2D eigenvalue weighted by atomic mass is 10.1. The van der Waals surface area contributed by atoms with Crippen molar-refractivity contribution in [3.8, 4) is 0 Å². The molecular formula is C14H26O5. The first kappa shape index (κ1) is 18.1. The van der Waals surface area contributed by atoms with Crippen LogP contribution in [0.1, 0.15) is 48.0 Å². The number of rotatable bonds is 7. The van der Waals surface area contributed by atoms with Crippen molar-refractivity contribution < 1.29 is 24.4 Å². The number of aliphatic hydroxyl groups excluding tert-OH is 1. The molecule has 0 aromatic heterocycles. The number of ether oxygens (including phenoxy) is 1. The fourth-order valence-corrected chi connectivity index (χ4v) is 1.11. The van der Waals surface area contributed by atoms with Gasteiger partial charge in [-0.3, -0.25) is 0 Å². The molecule has 1 N–H and O–H groups in total. The topological polar surface area (TPSA) is 65.0 Å². The average molecular weight is 274 g/mol. The first-order chi connectivity index (χ1) is 8.69. The minimum Gasteiger partial charge on any atom is -0.427 e. The van der Waals surface area contributed by atoms with Crippen LogP contribution in [0.25, 0.3) is 0 Å². The normalized spacial score (nSPS) is 16.1. The summed E-state index contributed by atoms with van der Waals surface area (Å²) in [6.07, 6.45) is 1.66. The zero-order valence-electron chi connectivity index (χ0n) is 12.7. The number of aliphatic hydroxyl groups is 1. The maximum absolute atomic E-state index is 11.8. The van der Waals surface area contributed by atoms with E-state index in [2.05, 4.69) is 0 Å². The summed E-state index contributed by atoms with van der Waals surface area (Å²) in [7, 11) is 0. The number of hydrogen-bond donors (Lipinski definition) is 1. The highest BCUT2D eigenvalue weighted by Gasteiger charge is 2.20. The van der Waals surface area contributed by atoms with Gasteiger partial charge in [-0.1, -0.05) is 26.3 Å². The molecule has 0 aromatic rings. The van der Waals surface area contributed by atoms with E-state index in [0.29, 0.717) is 11.5 Å². The molecule has 0 amide bonds. The Bertz CT molecular complexity index is 303. The van der Waals surface area contributed by atoms with Crippen molar-refractivity contribution in [1.29, 1.82) is 0 Å². The lowest BCUT2D eigenvalue weighted by Gasteiger charge is -2.22. The van der Waals surface area contributed by atoms with Gasteiger partial charge in [-0.25, -0.2) is 9.68 Å². The summed E-state index contributed by atoms with van der Waals surface area (Å²) >= 11 is 0. The van der Waals surface area contributed by atoms with Gasteiger partial charge in [0.15, 0.2) is 0 Å². The Hall–Kier alpha value is -0.910. The average Bonchev–Trinajstić information content (AvgIpc) is 2.32. The van der Waals surface area contributed by atoms with Crippen LogP contribution < -0.4 is 0 Å². The first-order valence-corrected chi connectivity index (χ1v) is 6.54. The zero-order valence-corrected chi connectivity index (χ0v) is 12.7. The van der Waals surface area contributed by atoms with Crippen molar-refractivity contribution in [2.24, 2.45) is 5.92 Å². The predicted octanol–water partition coefficient (Wildman–Crippen LogP) is 2.59. The molecule has 0 aliphatic rings. The fraction of sp³-hybridized carbons (Fsp3) is 0.786. The Kier molecular flexibility index (Phi) is 7.90. The van der Waals surface area contributed by atoms with Crippen LogP contribution in [0.2, 0.25) is 0 Å². The molecule has 2 atom stereocenters. The molecule has 0 rings (SSSR count). The Balaban J connectivity index is 4.38. The number of hydrogen-bond acceptors (Lipinski definition) is 5. The number of esters is 1. The predicted molar refractivity (Wildman–Crippen MR) is 72.1 cm³/mol. The third-order valence-electron chi connectivity index (χ3n) is 2.29. The van der Waals surface area contributed by atoms with Crippen LogP contribution >= 0.6 is 0 Å². The van der Waals surface area contributed by atoms with Gasteiger partial charge < -0.3 is 9.84 Å². The summed E-state index contributed by atoms with van der Waals surface area (Å²) in [5.41, 5.74) is -0.0475. The van der Waals surface area contributed by atoms with Gasteiger partial charge in [0.2, 0.25) is 0 Å². The van der Waals surface area contributed by atoms with Crippen LogP contribution in [0, 0.1) is 5.92 Å². The molecular weight excluding hydrogens is 248 g/mol. The van der Waals surface area contributed by atoms with E-state index >= 15 is 0 Å². The minimum atomic E-state index is -1.12. The highest BCUT2D eigenvalue weighted by molar-refractivity contribution is 5.87. The van der Waals surface area contributed by atoms with Crippen molar-refractivity contribution in [2.75, 3.05) is 6.61 Å². The molecule has 0 bridgehead atoms. The molecule has 2 unspecified atom stereocenters. The second-order valence-corrected chi connectivity index (χ2v) is 5.54. The summed E-state index contributed by atoms with van der Waals surface area (Å²) < 4.78 is 5.00. The van der Waals surface area contributed by atoms with E-state index < -0.39 is 24.5 Å². The molecule has 0 spiro atoms. The smallest absolute Gasteiger partial charge is 0.335 e. The maximum atomic E-state index is 11.8. The molecule has 0 aliphatic carbocycles. The largest absolute Gasteiger partial charge is 0.427 e. The van der Waals surface area contributed by atoms with E-state index in [1.807, 2.05) is 19.9 Å². The molecule has 0 aliphatic heterocycles. The molecule has 19 heavy (non-hydrogen) atoms. The second-order valence-electron chi connectivity index (χ2n) is 5.54. The fourth-order valence-electron chi connectivity index (χ4n) is 1.11. The summed E-state index contributed by atoms with van der Waals surface area (Å²) in [6.45, 7) is 10.6. The quantitative estimate of drug-likeness (QED) is 0.254. The van der Waals surface area contributed by atoms with Gasteiger partial charge >= 0.3 is 5.97 Å². The summed E-state index contributed by atoms with van der Waals surface area (Å²) in [4.78, 5) is 21.6. The zero-order chi connectivity index (χ0) is 15.1. The molecule has 0 saturated carbocycles. The Morgan fingerprint density at radius 1 is 1.37 bits per heavy atom. The van der Waals surface area contributed by atoms with E-state index in [0.717, 1.165) is 6.42 Å². The summed E-state index contributed by atoms with van der Waals surface area (Å²) in [5.74, 6) is -0.219. The Labute approximate surface area is 115 Å². The van der Waals surface area contributed by atoms with Gasteiger partial charge in [0.05, 0.1) is 5.60 Å². The minimum absolute atomic E-state index is 0.298. The molecule has 0 fully saturated rings. The molecule has 0 aromatic carbocycles. The van der Waals surface area contributed by atoms with Gasteiger partial charge in [-0.05, 0) is 33.6 Å². The Morgan fingerprint density at radius 3 is 2.37 bits per heavy atom. The summed E-state index contributed by atoms with van der Waals surface area (Å²) in [5, 5.41) is 9.08. The molecule has 5 heteroatoms. The number of allylic oxidation sites excluding steroid dienone is 1. The van der Waals surface area contributed by atoms with E-state index in [-0.39, 0.29) is 0 Å². The number of carbonyl (C=O) groups is 1. The standard InChI is InChI=1S/C14H26O5/c1-7-10(2)8-11(3)13(16)17-12(9-15)18-19-14(4,5)6/h8,10,12,15H,7,9H2,1-6H3/b11-8+. The first-order valence-electron chi connectivity index (χ1n) is 6.54. The molecule has 112 valence electrons. The second kappa shape index (κ2) is 8.30. The van der Waals surface area contributed by atoms with Gasteiger partial charge in [-0.2, -0.15) is 4.89 Å². The van der Waals surface area contributed by atoms with E-state index in [9.17, 15) is 4.79 Å². The summed E-state index contributed by atoms with van der Waals surface area (Å²) in [6, 6.07) is 0. The molecule has 0 radical (unpaired) electrons. The van der Waals surface area contributed by atoms with Crippen LogP contribution in [0.5, 0.6) is 0 Å². The van der Waals surface area contributed by atoms with Crippen LogP contribution in [-0.4, -0.2) is 29.6 Å². The van der Waals surface area contributed by atoms with Crippen molar-refractivity contribution >= 4 is 5.97 Å². The van der Waals surface area contributed by atoms with Crippen LogP contribution in [0.4, 0.5) is 0 Å². The lowest BCUT2D eigenvalue weighted by Crippen LogP contribution is -2.30. The van der Waals surface area contributed by atoms with Crippen LogP contribution in [-0.2, 0) is 19.3 Å². The SMILES string of the molecule is CCC(C)/C=C(\C)C(=O)OC(CO)OOC(C)(C)C. The van der Waals surface area contributed by atoms with Gasteiger partial charge in [0, 0.05) is 5.57 Å². The van der Waals surface area contributed by atoms with E-state index in [1.54, 1.807) is 27.7 Å². The molecule has 5 nitrogen and oxygen atoms in total. The highest BCUT2D eigenvalue weighted by atomic mass is 17.2. The molecule has 0 heterocycles. The maximum Gasteiger partial charge on any atom is 0.335 e. The van der Waals surface area contributed by atoms with Gasteiger partial charge in [0.1, 0.15) is 6.61 Å². The third kappa shape index (κ3) is 8.75. The van der Waals surface area contributed by atoms with Gasteiger partial charge in [0.25, 0.3) is 6.29 Å². The van der Waals surface area contributed by atoms with Crippen molar-refractivity contribution in [3.63, 3.8) is 0 Å². The van der Waals surface area contributed by atoms with E-state index in [1.165, 1.54) is 0 Å². The third-order valence-corrected chi connectivity index (χ3v) is 2.29. The van der Waals surface area contributed by atoms with Gasteiger partial charge in [-0.15, -0.1) is 0 Å². The van der Waals surface area contributed by atoms with E-state index in [4.69, 9.17) is 19.6 Å². The monoisotopic (exact) mass is 274 g/mol.